The summed E-state index contributed by atoms with van der Waals surface area (Å²) in [5, 5.41) is 14.4. The number of carbonyl (C=O) groups excluding carboxylic acids is 2. The number of rotatable bonds is 6. The van der Waals surface area contributed by atoms with Gasteiger partial charge in [0, 0.05) is 6.42 Å². The highest BCUT2D eigenvalue weighted by molar-refractivity contribution is 5.87. The van der Waals surface area contributed by atoms with Crippen LogP contribution in [0.5, 0.6) is 0 Å². The van der Waals surface area contributed by atoms with Crippen molar-refractivity contribution in [2.75, 3.05) is 6.54 Å². The van der Waals surface area contributed by atoms with E-state index in [2.05, 4.69) is 10.6 Å². The molecule has 0 aromatic rings. The average Bonchev–Trinajstić information content (AvgIpc) is 2.69. The molecule has 2 unspecified atom stereocenters. The van der Waals surface area contributed by atoms with Crippen LogP contribution < -0.4 is 16.4 Å². The number of carboxylic acids is 1. The van der Waals surface area contributed by atoms with Gasteiger partial charge in [-0.1, -0.05) is 6.92 Å². The molecule has 1 fully saturated rings. The van der Waals surface area contributed by atoms with Gasteiger partial charge in [-0.05, 0) is 25.3 Å². The maximum Gasteiger partial charge on any atom is 0.326 e. The third-order valence-electron chi connectivity index (χ3n) is 3.11. The molecule has 1 aliphatic heterocycles. The summed E-state index contributed by atoms with van der Waals surface area (Å²) >= 11 is 0. The Kier molecular flexibility index (Phi) is 5.08. The SMILES string of the molecule is CC1CCNC1C(=O)N[C@@H](CCC(N)=O)C(=O)O. The molecule has 1 saturated heterocycles. The van der Waals surface area contributed by atoms with Crippen LogP contribution >= 0.6 is 0 Å². The van der Waals surface area contributed by atoms with E-state index in [0.717, 1.165) is 13.0 Å². The summed E-state index contributed by atoms with van der Waals surface area (Å²) in [6.45, 7) is 2.68. The summed E-state index contributed by atoms with van der Waals surface area (Å²) < 4.78 is 0. The van der Waals surface area contributed by atoms with E-state index in [9.17, 15) is 14.4 Å². The number of nitrogens with two attached hydrogens (primary N) is 1. The van der Waals surface area contributed by atoms with Crippen LogP contribution in [-0.2, 0) is 14.4 Å². The van der Waals surface area contributed by atoms with Gasteiger partial charge < -0.3 is 21.5 Å². The molecule has 0 saturated carbocycles. The Bertz CT molecular complexity index is 345. The van der Waals surface area contributed by atoms with E-state index in [1.54, 1.807) is 0 Å². The standard InChI is InChI=1S/C11H19N3O4/c1-6-4-5-13-9(6)10(16)14-7(11(17)18)2-3-8(12)15/h6-7,9,13H,2-5H2,1H3,(H2,12,15)(H,14,16)(H,17,18)/t6?,7-,9?/m0/s1. The van der Waals surface area contributed by atoms with E-state index in [4.69, 9.17) is 10.8 Å². The zero-order chi connectivity index (χ0) is 13.7. The van der Waals surface area contributed by atoms with Crippen LogP contribution in [0.15, 0.2) is 0 Å². The van der Waals surface area contributed by atoms with Gasteiger partial charge in [0.2, 0.25) is 11.8 Å². The largest absolute Gasteiger partial charge is 0.480 e. The molecule has 0 bridgehead atoms. The minimum Gasteiger partial charge on any atom is -0.480 e. The Balaban J connectivity index is 2.52. The van der Waals surface area contributed by atoms with Crippen molar-refractivity contribution in [2.24, 2.45) is 11.7 Å². The first-order valence-electron chi connectivity index (χ1n) is 5.96. The minimum absolute atomic E-state index is 0.0114. The Morgan fingerprint density at radius 2 is 2.17 bits per heavy atom. The highest BCUT2D eigenvalue weighted by atomic mass is 16.4. The van der Waals surface area contributed by atoms with Crippen molar-refractivity contribution in [2.45, 2.75) is 38.3 Å². The summed E-state index contributed by atoms with van der Waals surface area (Å²) in [7, 11) is 0. The monoisotopic (exact) mass is 257 g/mol. The van der Waals surface area contributed by atoms with Crippen molar-refractivity contribution in [3.63, 3.8) is 0 Å². The summed E-state index contributed by atoms with van der Waals surface area (Å²) in [5.41, 5.74) is 4.96. The van der Waals surface area contributed by atoms with Gasteiger partial charge in [-0.15, -0.1) is 0 Å². The number of hydrogen-bond acceptors (Lipinski definition) is 4. The second-order valence-corrected chi connectivity index (χ2v) is 4.60. The fraction of sp³-hybridized carbons (Fsp3) is 0.727. The van der Waals surface area contributed by atoms with Crippen LogP contribution in [0, 0.1) is 5.92 Å². The molecule has 0 spiro atoms. The maximum absolute atomic E-state index is 11.9. The molecular weight excluding hydrogens is 238 g/mol. The van der Waals surface area contributed by atoms with E-state index in [0.29, 0.717) is 0 Å². The van der Waals surface area contributed by atoms with E-state index in [-0.39, 0.29) is 30.7 Å². The first-order valence-corrected chi connectivity index (χ1v) is 5.96. The topological polar surface area (TPSA) is 122 Å². The molecule has 102 valence electrons. The molecule has 1 heterocycles. The number of aliphatic carboxylic acids is 1. The Morgan fingerprint density at radius 1 is 1.50 bits per heavy atom. The summed E-state index contributed by atoms with van der Waals surface area (Å²) in [5.74, 6) is -1.90. The van der Waals surface area contributed by atoms with Gasteiger partial charge in [-0.3, -0.25) is 9.59 Å². The van der Waals surface area contributed by atoms with E-state index in [1.807, 2.05) is 6.92 Å². The third kappa shape index (κ3) is 3.99. The number of nitrogens with one attached hydrogen (secondary N) is 2. The Hall–Kier alpha value is -1.63. The van der Waals surface area contributed by atoms with Gasteiger partial charge in [-0.2, -0.15) is 0 Å². The molecular formula is C11H19N3O4. The second kappa shape index (κ2) is 6.34. The zero-order valence-corrected chi connectivity index (χ0v) is 10.3. The lowest BCUT2D eigenvalue weighted by molar-refractivity contribution is -0.142. The minimum atomic E-state index is -1.16. The fourth-order valence-corrected chi connectivity index (χ4v) is 1.99. The smallest absolute Gasteiger partial charge is 0.326 e. The van der Waals surface area contributed by atoms with Gasteiger partial charge in [0.25, 0.3) is 0 Å². The molecule has 0 aromatic heterocycles. The van der Waals surface area contributed by atoms with Crippen LogP contribution in [0.3, 0.4) is 0 Å². The predicted octanol–water partition coefficient (Wildman–Crippen LogP) is -1.18. The number of carboxylic acid groups (broad SMARTS) is 1. The quantitative estimate of drug-likeness (QED) is 0.477. The van der Waals surface area contributed by atoms with Gasteiger partial charge in [0.15, 0.2) is 0 Å². The Labute approximate surface area is 105 Å². The average molecular weight is 257 g/mol. The molecule has 0 radical (unpaired) electrons. The fourth-order valence-electron chi connectivity index (χ4n) is 1.99. The van der Waals surface area contributed by atoms with Crippen molar-refractivity contribution in [3.05, 3.63) is 0 Å². The van der Waals surface area contributed by atoms with Crippen molar-refractivity contribution in [1.82, 2.24) is 10.6 Å². The van der Waals surface area contributed by atoms with Gasteiger partial charge in [-0.25, -0.2) is 4.79 Å². The van der Waals surface area contributed by atoms with Gasteiger partial charge in [0.1, 0.15) is 6.04 Å². The van der Waals surface area contributed by atoms with Crippen molar-refractivity contribution in [3.8, 4) is 0 Å². The van der Waals surface area contributed by atoms with Crippen LogP contribution in [-0.4, -0.2) is 41.5 Å². The van der Waals surface area contributed by atoms with Crippen molar-refractivity contribution >= 4 is 17.8 Å². The van der Waals surface area contributed by atoms with E-state index >= 15 is 0 Å². The van der Waals surface area contributed by atoms with Crippen LogP contribution in [0.25, 0.3) is 0 Å². The molecule has 0 aliphatic carbocycles. The molecule has 5 N–H and O–H groups in total. The molecule has 0 aromatic carbocycles. The lowest BCUT2D eigenvalue weighted by Gasteiger charge is -2.19. The highest BCUT2D eigenvalue weighted by Crippen LogP contribution is 2.14. The second-order valence-electron chi connectivity index (χ2n) is 4.60. The number of amides is 2. The van der Waals surface area contributed by atoms with Crippen LogP contribution in [0.1, 0.15) is 26.2 Å². The molecule has 2 amide bonds. The third-order valence-corrected chi connectivity index (χ3v) is 3.11. The molecule has 18 heavy (non-hydrogen) atoms. The predicted molar refractivity (Wildman–Crippen MR) is 63.6 cm³/mol. The summed E-state index contributed by atoms with van der Waals surface area (Å²) in [6.07, 6.45) is 0.833. The Morgan fingerprint density at radius 3 is 2.61 bits per heavy atom. The van der Waals surface area contributed by atoms with E-state index in [1.165, 1.54) is 0 Å². The summed E-state index contributed by atoms with van der Waals surface area (Å²) in [4.78, 5) is 33.4. The normalized spacial score (nSPS) is 24.5. The van der Waals surface area contributed by atoms with Crippen LogP contribution in [0.2, 0.25) is 0 Å². The molecule has 7 nitrogen and oxygen atoms in total. The first kappa shape index (κ1) is 14.4. The first-order chi connectivity index (χ1) is 8.41. The molecule has 1 rings (SSSR count). The highest BCUT2D eigenvalue weighted by Gasteiger charge is 2.31. The van der Waals surface area contributed by atoms with Crippen molar-refractivity contribution in [1.29, 1.82) is 0 Å². The van der Waals surface area contributed by atoms with E-state index < -0.39 is 17.9 Å². The number of primary amides is 1. The number of hydrogen-bond donors (Lipinski definition) is 4. The lowest BCUT2D eigenvalue weighted by Crippen LogP contribution is -2.50. The van der Waals surface area contributed by atoms with Gasteiger partial charge in [0.05, 0.1) is 6.04 Å². The lowest BCUT2D eigenvalue weighted by atomic mass is 10.0. The maximum atomic E-state index is 11.9. The molecule has 1 aliphatic rings. The zero-order valence-electron chi connectivity index (χ0n) is 10.3. The number of carbonyl (C=O) groups is 3. The molecule has 3 atom stereocenters. The summed E-state index contributed by atoms with van der Waals surface area (Å²) in [6, 6.07) is -1.43. The van der Waals surface area contributed by atoms with Crippen LogP contribution in [0.4, 0.5) is 0 Å². The molecule has 7 heteroatoms. The van der Waals surface area contributed by atoms with Crippen molar-refractivity contribution < 1.29 is 19.5 Å². The van der Waals surface area contributed by atoms with Gasteiger partial charge >= 0.3 is 5.97 Å².